The standard InChI is InChI=1S/C19H23N5O3/c1-13-22-17(11-18(23-13)24-8-2-3-9-24)20-6-7-21-19(25)14-4-5-15-16(10-14)27-12-26-15/h4-5,10-11H,2-3,6-9,12H2,1H3,(H,21,25)(H,20,22,23). The van der Waals surface area contributed by atoms with Crippen LogP contribution in [0.15, 0.2) is 24.3 Å². The summed E-state index contributed by atoms with van der Waals surface area (Å²) >= 11 is 0. The van der Waals surface area contributed by atoms with Gasteiger partial charge in [-0.15, -0.1) is 0 Å². The molecule has 0 radical (unpaired) electrons. The van der Waals surface area contributed by atoms with Crippen LogP contribution in [0.4, 0.5) is 11.6 Å². The summed E-state index contributed by atoms with van der Waals surface area (Å²) in [6, 6.07) is 7.14. The van der Waals surface area contributed by atoms with Crippen molar-refractivity contribution in [1.29, 1.82) is 0 Å². The molecule has 1 aromatic carbocycles. The molecule has 3 heterocycles. The SMILES string of the molecule is Cc1nc(NCCNC(=O)c2ccc3c(c2)OCO3)cc(N2CCCC2)n1. The average Bonchev–Trinajstić information content (AvgIpc) is 3.35. The molecule has 2 N–H and O–H groups in total. The van der Waals surface area contributed by atoms with Gasteiger partial charge in [0.2, 0.25) is 6.79 Å². The number of hydrogen-bond donors (Lipinski definition) is 2. The highest BCUT2D eigenvalue weighted by atomic mass is 16.7. The van der Waals surface area contributed by atoms with E-state index in [1.807, 2.05) is 13.0 Å². The van der Waals surface area contributed by atoms with Gasteiger partial charge in [-0.25, -0.2) is 9.97 Å². The van der Waals surface area contributed by atoms with Gasteiger partial charge in [0.15, 0.2) is 11.5 Å². The van der Waals surface area contributed by atoms with Gasteiger partial charge in [0, 0.05) is 37.8 Å². The summed E-state index contributed by atoms with van der Waals surface area (Å²) in [4.78, 5) is 23.5. The molecule has 2 aliphatic heterocycles. The maximum Gasteiger partial charge on any atom is 0.251 e. The van der Waals surface area contributed by atoms with E-state index in [-0.39, 0.29) is 12.7 Å². The number of carbonyl (C=O) groups excluding carboxylic acids is 1. The second-order valence-corrected chi connectivity index (χ2v) is 6.60. The van der Waals surface area contributed by atoms with Crippen molar-refractivity contribution in [1.82, 2.24) is 15.3 Å². The minimum absolute atomic E-state index is 0.147. The molecule has 4 rings (SSSR count). The molecule has 1 amide bonds. The number of aromatic nitrogens is 2. The number of ether oxygens (including phenoxy) is 2. The Kier molecular flexibility index (Phi) is 4.95. The smallest absolute Gasteiger partial charge is 0.251 e. The Balaban J connectivity index is 1.29. The fourth-order valence-electron chi connectivity index (χ4n) is 3.26. The minimum atomic E-state index is -0.147. The number of hydrogen-bond acceptors (Lipinski definition) is 7. The first-order chi connectivity index (χ1) is 13.2. The van der Waals surface area contributed by atoms with E-state index in [0.717, 1.165) is 30.5 Å². The summed E-state index contributed by atoms with van der Waals surface area (Å²) in [7, 11) is 0. The van der Waals surface area contributed by atoms with Gasteiger partial charge in [0.1, 0.15) is 17.5 Å². The lowest BCUT2D eigenvalue weighted by Gasteiger charge is -2.17. The second-order valence-electron chi connectivity index (χ2n) is 6.60. The third-order valence-electron chi connectivity index (χ3n) is 4.61. The molecule has 0 unspecified atom stereocenters. The topological polar surface area (TPSA) is 88.6 Å². The van der Waals surface area contributed by atoms with Crippen molar-refractivity contribution in [3.05, 3.63) is 35.7 Å². The number of fused-ring (bicyclic) bond motifs is 1. The van der Waals surface area contributed by atoms with Crippen LogP contribution in [-0.4, -0.2) is 48.8 Å². The number of nitrogens with one attached hydrogen (secondary N) is 2. The van der Waals surface area contributed by atoms with Crippen molar-refractivity contribution in [2.75, 3.05) is 43.2 Å². The van der Waals surface area contributed by atoms with E-state index in [1.54, 1.807) is 18.2 Å². The van der Waals surface area contributed by atoms with Crippen LogP contribution in [0.3, 0.4) is 0 Å². The molecule has 0 spiro atoms. The van der Waals surface area contributed by atoms with Crippen LogP contribution in [0.5, 0.6) is 11.5 Å². The highest BCUT2D eigenvalue weighted by Gasteiger charge is 2.16. The molecular formula is C19H23N5O3. The van der Waals surface area contributed by atoms with Crippen molar-refractivity contribution in [2.24, 2.45) is 0 Å². The highest BCUT2D eigenvalue weighted by Crippen LogP contribution is 2.32. The van der Waals surface area contributed by atoms with E-state index in [0.29, 0.717) is 30.2 Å². The predicted octanol–water partition coefficient (Wildman–Crippen LogP) is 1.96. The van der Waals surface area contributed by atoms with E-state index in [2.05, 4.69) is 25.5 Å². The van der Waals surface area contributed by atoms with E-state index in [9.17, 15) is 4.79 Å². The summed E-state index contributed by atoms with van der Waals surface area (Å²) in [6.07, 6.45) is 2.41. The van der Waals surface area contributed by atoms with Gasteiger partial charge in [0.25, 0.3) is 5.91 Å². The molecule has 142 valence electrons. The first kappa shape index (κ1) is 17.4. The zero-order valence-electron chi connectivity index (χ0n) is 15.3. The number of aryl methyl sites for hydroxylation is 1. The zero-order chi connectivity index (χ0) is 18.6. The van der Waals surface area contributed by atoms with Gasteiger partial charge in [-0.2, -0.15) is 0 Å². The van der Waals surface area contributed by atoms with Crippen LogP contribution < -0.4 is 25.0 Å². The lowest BCUT2D eigenvalue weighted by atomic mass is 10.2. The molecule has 8 heteroatoms. The molecule has 0 saturated carbocycles. The predicted molar refractivity (Wildman–Crippen MR) is 102 cm³/mol. The molecule has 1 saturated heterocycles. The Morgan fingerprint density at radius 3 is 2.78 bits per heavy atom. The molecule has 0 bridgehead atoms. The molecule has 8 nitrogen and oxygen atoms in total. The van der Waals surface area contributed by atoms with Crippen molar-refractivity contribution in [3.8, 4) is 11.5 Å². The molecule has 2 aliphatic rings. The fourth-order valence-corrected chi connectivity index (χ4v) is 3.26. The Morgan fingerprint density at radius 2 is 1.93 bits per heavy atom. The maximum atomic E-state index is 12.3. The van der Waals surface area contributed by atoms with Crippen molar-refractivity contribution in [3.63, 3.8) is 0 Å². The van der Waals surface area contributed by atoms with Crippen LogP contribution in [0.25, 0.3) is 0 Å². The summed E-state index contributed by atoms with van der Waals surface area (Å²) in [6.45, 7) is 5.23. The van der Waals surface area contributed by atoms with Gasteiger partial charge in [-0.3, -0.25) is 4.79 Å². The Hall–Kier alpha value is -3.03. The summed E-state index contributed by atoms with van der Waals surface area (Å²) < 4.78 is 10.6. The highest BCUT2D eigenvalue weighted by molar-refractivity contribution is 5.94. The van der Waals surface area contributed by atoms with Gasteiger partial charge in [0.05, 0.1) is 0 Å². The summed E-state index contributed by atoms with van der Waals surface area (Å²) in [5.41, 5.74) is 0.549. The lowest BCUT2D eigenvalue weighted by Crippen LogP contribution is -2.29. The first-order valence-corrected chi connectivity index (χ1v) is 9.21. The number of nitrogens with zero attached hydrogens (tertiary/aromatic N) is 3. The van der Waals surface area contributed by atoms with E-state index in [1.165, 1.54) is 12.8 Å². The summed E-state index contributed by atoms with van der Waals surface area (Å²) in [5, 5.41) is 6.15. The number of rotatable bonds is 6. The molecular weight excluding hydrogens is 346 g/mol. The largest absolute Gasteiger partial charge is 0.454 e. The van der Waals surface area contributed by atoms with Crippen molar-refractivity contribution >= 4 is 17.5 Å². The first-order valence-electron chi connectivity index (χ1n) is 9.21. The number of benzene rings is 1. The normalized spacial score (nSPS) is 15.1. The Bertz CT molecular complexity index is 836. The average molecular weight is 369 g/mol. The number of anilines is 2. The third kappa shape index (κ3) is 4.05. The van der Waals surface area contributed by atoms with Gasteiger partial charge in [-0.05, 0) is 38.0 Å². The quantitative estimate of drug-likeness (QED) is 0.753. The van der Waals surface area contributed by atoms with Crippen molar-refractivity contribution < 1.29 is 14.3 Å². The van der Waals surface area contributed by atoms with Crippen LogP contribution in [-0.2, 0) is 0 Å². The van der Waals surface area contributed by atoms with Crippen LogP contribution >= 0.6 is 0 Å². The Morgan fingerprint density at radius 1 is 1.11 bits per heavy atom. The molecule has 2 aromatic rings. The lowest BCUT2D eigenvalue weighted by molar-refractivity contribution is 0.0954. The minimum Gasteiger partial charge on any atom is -0.454 e. The van der Waals surface area contributed by atoms with Crippen LogP contribution in [0.1, 0.15) is 29.0 Å². The molecule has 1 fully saturated rings. The van der Waals surface area contributed by atoms with E-state index < -0.39 is 0 Å². The van der Waals surface area contributed by atoms with Crippen molar-refractivity contribution in [2.45, 2.75) is 19.8 Å². The van der Waals surface area contributed by atoms with Gasteiger partial charge < -0.3 is 25.0 Å². The van der Waals surface area contributed by atoms with E-state index in [4.69, 9.17) is 9.47 Å². The van der Waals surface area contributed by atoms with Crippen LogP contribution in [0.2, 0.25) is 0 Å². The third-order valence-corrected chi connectivity index (χ3v) is 4.61. The zero-order valence-corrected chi connectivity index (χ0v) is 15.3. The number of amides is 1. The molecule has 0 aliphatic carbocycles. The maximum absolute atomic E-state index is 12.3. The second kappa shape index (κ2) is 7.69. The monoisotopic (exact) mass is 369 g/mol. The summed E-state index contributed by atoms with van der Waals surface area (Å²) in [5.74, 6) is 3.61. The molecule has 1 aromatic heterocycles. The molecule has 27 heavy (non-hydrogen) atoms. The van der Waals surface area contributed by atoms with Gasteiger partial charge >= 0.3 is 0 Å². The van der Waals surface area contributed by atoms with E-state index >= 15 is 0 Å². The van der Waals surface area contributed by atoms with Crippen LogP contribution in [0, 0.1) is 6.92 Å². The fraction of sp³-hybridized carbons (Fsp3) is 0.421. The van der Waals surface area contributed by atoms with Gasteiger partial charge in [-0.1, -0.05) is 0 Å². The molecule has 0 atom stereocenters. The Labute approximate surface area is 157 Å². The number of carbonyl (C=O) groups is 1.